The molecule has 2 nitrogen and oxygen atoms in total. The smallest absolute Gasteiger partial charge is 0.133 e. The third kappa shape index (κ3) is 2.44. The van der Waals surface area contributed by atoms with Gasteiger partial charge in [0, 0.05) is 23.0 Å². The largest absolute Gasteiger partial charge is 0.309 e. The summed E-state index contributed by atoms with van der Waals surface area (Å²) in [4.78, 5) is 5.69. The molecular weight excluding hydrogens is 247 g/mol. The third-order valence-electron chi connectivity index (χ3n) is 3.13. The van der Waals surface area contributed by atoms with E-state index in [0.29, 0.717) is 11.6 Å². The van der Waals surface area contributed by atoms with Crippen molar-refractivity contribution in [3.63, 3.8) is 0 Å². The molecule has 1 aromatic carbocycles. The van der Waals surface area contributed by atoms with E-state index in [1.165, 1.54) is 23.8 Å². The second kappa shape index (κ2) is 4.78. The van der Waals surface area contributed by atoms with E-state index in [4.69, 9.17) is 0 Å². The molecule has 1 heterocycles. The lowest BCUT2D eigenvalue weighted by Crippen LogP contribution is -2.14. The van der Waals surface area contributed by atoms with E-state index in [2.05, 4.69) is 10.3 Å². The van der Waals surface area contributed by atoms with Crippen LogP contribution in [0.1, 0.15) is 23.4 Å². The molecule has 1 aliphatic rings. The van der Waals surface area contributed by atoms with Gasteiger partial charge < -0.3 is 5.32 Å². The van der Waals surface area contributed by atoms with Crippen molar-refractivity contribution < 1.29 is 4.39 Å². The molecule has 94 valence electrons. The van der Waals surface area contributed by atoms with Crippen LogP contribution in [0, 0.1) is 12.7 Å². The predicted octanol–water partition coefficient (Wildman–Crippen LogP) is 3.51. The Labute approximate surface area is 110 Å². The van der Waals surface area contributed by atoms with Gasteiger partial charge in [-0.2, -0.15) is 0 Å². The quantitative estimate of drug-likeness (QED) is 0.912. The van der Waals surface area contributed by atoms with Crippen molar-refractivity contribution in [1.29, 1.82) is 0 Å². The van der Waals surface area contributed by atoms with E-state index in [1.54, 1.807) is 23.5 Å². The summed E-state index contributed by atoms with van der Waals surface area (Å²) in [6.45, 7) is 2.84. The molecular formula is C14H15FN2S. The number of aryl methyl sites for hydroxylation is 1. The molecule has 0 radical (unpaired) electrons. The zero-order valence-electron chi connectivity index (χ0n) is 10.2. The fraction of sp³-hybridized carbons (Fsp3) is 0.357. The van der Waals surface area contributed by atoms with Gasteiger partial charge >= 0.3 is 0 Å². The molecule has 4 heteroatoms. The summed E-state index contributed by atoms with van der Waals surface area (Å²) < 4.78 is 13.7. The highest BCUT2D eigenvalue weighted by molar-refractivity contribution is 7.15. The molecule has 0 unspecified atom stereocenters. The van der Waals surface area contributed by atoms with E-state index in [0.717, 1.165) is 17.2 Å². The zero-order valence-corrected chi connectivity index (χ0v) is 11.1. The Bertz CT molecular complexity index is 561. The van der Waals surface area contributed by atoms with Crippen LogP contribution in [0.2, 0.25) is 0 Å². The van der Waals surface area contributed by atoms with Gasteiger partial charge in [-0.3, -0.25) is 0 Å². The first-order valence-corrected chi connectivity index (χ1v) is 7.00. The van der Waals surface area contributed by atoms with Crippen LogP contribution in [0.15, 0.2) is 24.3 Å². The minimum atomic E-state index is -0.201. The lowest BCUT2D eigenvalue weighted by atomic mass is 10.2. The molecule has 0 atom stereocenters. The number of halogens is 1. The summed E-state index contributed by atoms with van der Waals surface area (Å²) in [7, 11) is 0. The number of nitrogens with zero attached hydrogens (tertiary/aromatic N) is 1. The van der Waals surface area contributed by atoms with Crippen LogP contribution in [-0.4, -0.2) is 11.0 Å². The summed E-state index contributed by atoms with van der Waals surface area (Å²) in [6, 6.07) is 7.50. The molecule has 0 spiro atoms. The van der Waals surface area contributed by atoms with Crippen molar-refractivity contribution in [1.82, 2.24) is 10.3 Å². The second-order valence-corrected chi connectivity index (χ2v) is 5.75. The van der Waals surface area contributed by atoms with Crippen LogP contribution in [0.4, 0.5) is 4.39 Å². The minimum absolute atomic E-state index is 0.201. The second-order valence-electron chi connectivity index (χ2n) is 4.66. The summed E-state index contributed by atoms with van der Waals surface area (Å²) in [5.41, 5.74) is 1.61. The SMILES string of the molecule is Cc1nc(-c2ccccc2F)sc1CNC1CC1. The highest BCUT2D eigenvalue weighted by atomic mass is 32.1. The number of hydrogen-bond donors (Lipinski definition) is 1. The molecule has 0 amide bonds. The summed E-state index contributed by atoms with van der Waals surface area (Å²) in [6.07, 6.45) is 2.55. The Balaban J connectivity index is 1.84. The Hall–Kier alpha value is -1.26. The van der Waals surface area contributed by atoms with Crippen molar-refractivity contribution in [3.8, 4) is 10.6 Å². The summed E-state index contributed by atoms with van der Waals surface area (Å²) in [5, 5.41) is 4.25. The van der Waals surface area contributed by atoms with E-state index in [9.17, 15) is 4.39 Å². The van der Waals surface area contributed by atoms with Gasteiger partial charge in [0.2, 0.25) is 0 Å². The average Bonchev–Trinajstić information content (AvgIpc) is 3.11. The number of rotatable bonds is 4. The summed E-state index contributed by atoms with van der Waals surface area (Å²) >= 11 is 1.58. The first-order valence-electron chi connectivity index (χ1n) is 6.18. The van der Waals surface area contributed by atoms with Crippen LogP contribution >= 0.6 is 11.3 Å². The highest BCUT2D eigenvalue weighted by Gasteiger charge is 2.21. The predicted molar refractivity (Wildman–Crippen MR) is 72.1 cm³/mol. The minimum Gasteiger partial charge on any atom is -0.309 e. The topological polar surface area (TPSA) is 24.9 Å². The van der Waals surface area contributed by atoms with Gasteiger partial charge in [0.05, 0.1) is 5.69 Å². The van der Waals surface area contributed by atoms with E-state index in [1.807, 2.05) is 13.0 Å². The number of aromatic nitrogens is 1. The van der Waals surface area contributed by atoms with E-state index < -0.39 is 0 Å². The first-order chi connectivity index (χ1) is 8.74. The molecule has 18 heavy (non-hydrogen) atoms. The Morgan fingerprint density at radius 3 is 2.89 bits per heavy atom. The summed E-state index contributed by atoms with van der Waals surface area (Å²) in [5.74, 6) is -0.201. The maximum absolute atomic E-state index is 13.7. The Kier molecular flexibility index (Phi) is 3.14. The third-order valence-corrected chi connectivity index (χ3v) is 4.32. The number of hydrogen-bond acceptors (Lipinski definition) is 3. The molecule has 0 bridgehead atoms. The molecule has 1 aliphatic carbocycles. The molecule has 3 rings (SSSR count). The normalized spacial score (nSPS) is 15.0. The molecule has 0 aliphatic heterocycles. The molecule has 2 aromatic rings. The molecule has 1 saturated carbocycles. The molecule has 1 aromatic heterocycles. The van der Waals surface area contributed by atoms with Crippen LogP contribution < -0.4 is 5.32 Å². The fourth-order valence-corrected chi connectivity index (χ4v) is 2.91. The van der Waals surface area contributed by atoms with Crippen molar-refractivity contribution in [2.75, 3.05) is 0 Å². The average molecular weight is 262 g/mol. The lowest BCUT2D eigenvalue weighted by Gasteiger charge is -1.99. The van der Waals surface area contributed by atoms with Crippen LogP contribution in [0.25, 0.3) is 10.6 Å². The van der Waals surface area contributed by atoms with Crippen LogP contribution in [0.5, 0.6) is 0 Å². The van der Waals surface area contributed by atoms with Crippen molar-refractivity contribution in [3.05, 3.63) is 40.7 Å². The zero-order chi connectivity index (χ0) is 12.5. The van der Waals surface area contributed by atoms with Gasteiger partial charge in [-0.25, -0.2) is 9.37 Å². The van der Waals surface area contributed by atoms with Gasteiger partial charge in [0.15, 0.2) is 0 Å². The molecule has 1 N–H and O–H groups in total. The van der Waals surface area contributed by atoms with E-state index in [-0.39, 0.29) is 5.82 Å². The molecule has 1 fully saturated rings. The van der Waals surface area contributed by atoms with Crippen molar-refractivity contribution in [2.45, 2.75) is 32.4 Å². The van der Waals surface area contributed by atoms with E-state index >= 15 is 0 Å². The van der Waals surface area contributed by atoms with Gasteiger partial charge in [0.1, 0.15) is 10.8 Å². The van der Waals surface area contributed by atoms with Gasteiger partial charge in [-0.15, -0.1) is 11.3 Å². The van der Waals surface area contributed by atoms with Crippen LogP contribution in [0.3, 0.4) is 0 Å². The first kappa shape index (κ1) is 11.8. The maximum Gasteiger partial charge on any atom is 0.133 e. The van der Waals surface area contributed by atoms with Crippen molar-refractivity contribution >= 4 is 11.3 Å². The lowest BCUT2D eigenvalue weighted by molar-refractivity contribution is 0.631. The standard InChI is InChI=1S/C14H15FN2S/c1-9-13(8-16-10-6-7-10)18-14(17-9)11-4-2-3-5-12(11)15/h2-5,10,16H,6-8H2,1H3. The number of thiazole rings is 1. The van der Waals surface area contributed by atoms with Crippen LogP contribution in [-0.2, 0) is 6.54 Å². The van der Waals surface area contributed by atoms with Gasteiger partial charge in [0.25, 0.3) is 0 Å². The monoisotopic (exact) mass is 262 g/mol. The number of nitrogens with one attached hydrogen (secondary N) is 1. The Morgan fingerprint density at radius 2 is 2.17 bits per heavy atom. The molecule has 0 saturated heterocycles. The fourth-order valence-electron chi connectivity index (χ4n) is 1.87. The maximum atomic E-state index is 13.7. The Morgan fingerprint density at radius 1 is 1.39 bits per heavy atom. The number of benzene rings is 1. The van der Waals surface area contributed by atoms with Gasteiger partial charge in [-0.05, 0) is 31.9 Å². The van der Waals surface area contributed by atoms with Gasteiger partial charge in [-0.1, -0.05) is 12.1 Å². The van der Waals surface area contributed by atoms with Crippen molar-refractivity contribution in [2.24, 2.45) is 0 Å². The highest BCUT2D eigenvalue weighted by Crippen LogP contribution is 2.30.